The lowest BCUT2D eigenvalue weighted by Crippen LogP contribution is -2.42. The zero-order valence-corrected chi connectivity index (χ0v) is 18.1. The lowest BCUT2D eigenvalue weighted by molar-refractivity contribution is -0.269. The molecule has 3 aromatic carbocycles. The molecule has 1 unspecified atom stereocenters. The first-order chi connectivity index (χ1) is 15.7. The van der Waals surface area contributed by atoms with E-state index in [1.54, 1.807) is 36.4 Å². The largest absolute Gasteiger partial charge is 0.428 e. The zero-order valence-electron chi connectivity index (χ0n) is 16.5. The van der Waals surface area contributed by atoms with Gasteiger partial charge < -0.3 is 4.74 Å². The molecule has 0 aliphatic carbocycles. The van der Waals surface area contributed by atoms with E-state index in [-0.39, 0.29) is 33.7 Å². The third-order valence-corrected chi connectivity index (χ3v) is 5.83. The summed E-state index contributed by atoms with van der Waals surface area (Å²) in [6.45, 7) is -0.0811. The minimum Gasteiger partial charge on any atom is -0.406 e. The molecule has 0 bridgehead atoms. The van der Waals surface area contributed by atoms with E-state index in [0.29, 0.717) is 21.9 Å². The molecule has 2 aliphatic heterocycles. The Labute approximate surface area is 195 Å². The number of aliphatic imine (C=N–C) groups is 1. The van der Waals surface area contributed by atoms with Crippen molar-refractivity contribution in [1.29, 1.82) is 0 Å². The molecule has 0 amide bonds. The van der Waals surface area contributed by atoms with Crippen LogP contribution in [0.4, 0.5) is 13.2 Å². The van der Waals surface area contributed by atoms with Crippen LogP contribution in [0.3, 0.4) is 0 Å². The van der Waals surface area contributed by atoms with Gasteiger partial charge in [-0.25, -0.2) is 9.79 Å². The number of carbonyl (C=O) groups excluding carboxylic acids is 1. The molecule has 2 aliphatic rings. The molecule has 1 atom stereocenters. The van der Waals surface area contributed by atoms with Gasteiger partial charge in [0, 0.05) is 26.7 Å². The van der Waals surface area contributed by atoms with Gasteiger partial charge in [0.2, 0.25) is 11.5 Å². The minimum atomic E-state index is -4.82. The average Bonchev–Trinajstić information content (AvgIpc) is 3.39. The Balaban J connectivity index is 1.67. The average molecular weight is 493 g/mol. The van der Waals surface area contributed by atoms with E-state index in [1.807, 2.05) is 0 Å². The topological polar surface area (TPSA) is 59.9 Å². The Kier molecular flexibility index (Phi) is 5.12. The number of hydrogen-bond donors (Lipinski definition) is 1. The lowest BCUT2D eigenvalue weighted by atomic mass is 9.90. The monoisotopic (exact) mass is 492 g/mol. The molecule has 33 heavy (non-hydrogen) atoms. The molecule has 2 heterocycles. The van der Waals surface area contributed by atoms with Crippen molar-refractivity contribution in [1.82, 2.24) is 5.48 Å². The number of alkyl halides is 3. The van der Waals surface area contributed by atoms with Crippen LogP contribution < -0.4 is 5.48 Å². The number of rotatable bonds is 3. The minimum absolute atomic E-state index is 0.0493. The quantitative estimate of drug-likeness (QED) is 0.470. The first kappa shape index (κ1) is 21.8. The standard InChI is InChI=1S/C23H13Cl2F3N2O3/c24-13-7-12(8-14(25)9-13)22(23(26,27)28)10-19(30-33-22)17-5-6-18(21-29-11-20(31)32-21)16-4-2-1-3-15(16)17/h1-10,30H,11H2. The molecular formula is C23H13Cl2F3N2O3. The predicted octanol–water partition coefficient (Wildman–Crippen LogP) is 5.78. The van der Waals surface area contributed by atoms with Gasteiger partial charge in [-0.15, -0.1) is 0 Å². The summed E-state index contributed by atoms with van der Waals surface area (Å²) < 4.78 is 48.1. The van der Waals surface area contributed by atoms with Crippen molar-refractivity contribution >= 4 is 51.5 Å². The van der Waals surface area contributed by atoms with Crippen molar-refractivity contribution in [3.63, 3.8) is 0 Å². The summed E-state index contributed by atoms with van der Waals surface area (Å²) in [5.41, 5.74) is 0.494. The highest BCUT2D eigenvalue weighted by Gasteiger charge is 2.59. The fourth-order valence-electron chi connectivity index (χ4n) is 3.91. The van der Waals surface area contributed by atoms with E-state index in [2.05, 4.69) is 10.5 Å². The van der Waals surface area contributed by atoms with Crippen molar-refractivity contribution in [2.24, 2.45) is 4.99 Å². The number of ether oxygens (including phenoxy) is 1. The lowest BCUT2D eigenvalue weighted by Gasteiger charge is -2.28. The number of nitrogens with zero attached hydrogens (tertiary/aromatic N) is 1. The molecule has 5 rings (SSSR count). The highest BCUT2D eigenvalue weighted by atomic mass is 35.5. The molecule has 0 aromatic heterocycles. The van der Waals surface area contributed by atoms with Gasteiger partial charge in [-0.2, -0.15) is 13.2 Å². The second-order valence-corrected chi connectivity index (χ2v) is 8.33. The number of benzene rings is 3. The van der Waals surface area contributed by atoms with Crippen LogP contribution in [-0.4, -0.2) is 24.6 Å². The van der Waals surface area contributed by atoms with Crippen molar-refractivity contribution in [2.45, 2.75) is 11.8 Å². The van der Waals surface area contributed by atoms with E-state index >= 15 is 0 Å². The van der Waals surface area contributed by atoms with Crippen LogP contribution in [0.5, 0.6) is 0 Å². The van der Waals surface area contributed by atoms with Gasteiger partial charge in [-0.05, 0) is 41.1 Å². The number of hydroxylamine groups is 1. The normalized spacial score (nSPS) is 20.5. The van der Waals surface area contributed by atoms with E-state index in [0.717, 1.165) is 18.2 Å². The summed E-state index contributed by atoms with van der Waals surface area (Å²) in [6.07, 6.45) is -3.86. The first-order valence-electron chi connectivity index (χ1n) is 9.66. The number of esters is 1. The number of fused-ring (bicyclic) bond motifs is 1. The van der Waals surface area contributed by atoms with Gasteiger partial charge in [0.05, 0.1) is 5.70 Å². The Hall–Kier alpha value is -3.07. The van der Waals surface area contributed by atoms with Crippen molar-refractivity contribution in [3.05, 3.63) is 87.4 Å². The number of cyclic esters (lactones) is 1. The Bertz CT molecular complexity index is 1350. The van der Waals surface area contributed by atoms with Crippen LogP contribution in [0, 0.1) is 0 Å². The van der Waals surface area contributed by atoms with E-state index in [9.17, 15) is 18.0 Å². The number of hydrogen-bond acceptors (Lipinski definition) is 5. The predicted molar refractivity (Wildman–Crippen MR) is 118 cm³/mol. The molecule has 1 N–H and O–H groups in total. The highest BCUT2D eigenvalue weighted by molar-refractivity contribution is 6.34. The molecule has 0 saturated heterocycles. The van der Waals surface area contributed by atoms with E-state index in [1.165, 1.54) is 6.07 Å². The summed E-state index contributed by atoms with van der Waals surface area (Å²) >= 11 is 11.9. The summed E-state index contributed by atoms with van der Waals surface area (Å²) in [4.78, 5) is 20.8. The van der Waals surface area contributed by atoms with Crippen LogP contribution in [0.1, 0.15) is 16.7 Å². The highest BCUT2D eigenvalue weighted by Crippen LogP contribution is 2.48. The number of halogens is 5. The van der Waals surface area contributed by atoms with Gasteiger partial charge in [0.1, 0.15) is 6.54 Å². The molecule has 3 aromatic rings. The van der Waals surface area contributed by atoms with Crippen molar-refractivity contribution in [2.75, 3.05) is 6.54 Å². The maximum Gasteiger partial charge on any atom is 0.428 e. The maximum atomic E-state index is 14.3. The van der Waals surface area contributed by atoms with Gasteiger partial charge in [-0.1, -0.05) is 53.5 Å². The first-order valence-corrected chi connectivity index (χ1v) is 10.4. The smallest absolute Gasteiger partial charge is 0.406 e. The third-order valence-electron chi connectivity index (χ3n) is 5.39. The Morgan fingerprint density at radius 2 is 1.61 bits per heavy atom. The van der Waals surface area contributed by atoms with E-state index in [4.69, 9.17) is 32.8 Å². The van der Waals surface area contributed by atoms with Gasteiger partial charge in [-0.3, -0.25) is 10.3 Å². The fraction of sp³-hybridized carbons (Fsp3) is 0.130. The summed E-state index contributed by atoms with van der Waals surface area (Å²) in [5.74, 6) is -0.299. The third kappa shape index (κ3) is 3.64. The molecule has 5 nitrogen and oxygen atoms in total. The van der Waals surface area contributed by atoms with Crippen LogP contribution in [-0.2, 0) is 20.0 Å². The van der Waals surface area contributed by atoms with Crippen LogP contribution in [0.15, 0.2) is 65.7 Å². The fourth-order valence-corrected chi connectivity index (χ4v) is 4.44. The summed E-state index contributed by atoms with van der Waals surface area (Å²) in [6, 6.07) is 14.0. The van der Waals surface area contributed by atoms with Gasteiger partial charge in [0.25, 0.3) is 0 Å². The van der Waals surface area contributed by atoms with Crippen LogP contribution in [0.2, 0.25) is 10.0 Å². The second-order valence-electron chi connectivity index (χ2n) is 7.46. The van der Waals surface area contributed by atoms with E-state index < -0.39 is 17.7 Å². The zero-order chi connectivity index (χ0) is 23.4. The SMILES string of the molecule is O=C1CN=C(c2ccc(C3=CC(c4cc(Cl)cc(Cl)c4)(C(F)(F)F)ON3)c3ccccc23)O1. The molecule has 0 radical (unpaired) electrons. The molecule has 10 heteroatoms. The summed E-state index contributed by atoms with van der Waals surface area (Å²) in [7, 11) is 0. The second kappa shape index (κ2) is 7.76. The molecule has 168 valence electrons. The number of nitrogens with one attached hydrogen (secondary N) is 1. The van der Waals surface area contributed by atoms with Crippen molar-refractivity contribution in [3.8, 4) is 0 Å². The van der Waals surface area contributed by atoms with Crippen molar-refractivity contribution < 1.29 is 27.5 Å². The molecule has 0 saturated carbocycles. The molecule has 0 spiro atoms. The molecule has 0 fully saturated rings. The van der Waals surface area contributed by atoms with Gasteiger partial charge in [0.15, 0.2) is 0 Å². The number of carbonyl (C=O) groups is 1. The maximum absolute atomic E-state index is 14.3. The summed E-state index contributed by atoms with van der Waals surface area (Å²) in [5, 5.41) is 1.37. The Morgan fingerprint density at radius 3 is 2.21 bits per heavy atom. The van der Waals surface area contributed by atoms with Crippen LogP contribution in [0.25, 0.3) is 16.5 Å². The Morgan fingerprint density at radius 1 is 0.970 bits per heavy atom. The van der Waals surface area contributed by atoms with Crippen LogP contribution >= 0.6 is 23.2 Å². The molecular weight excluding hydrogens is 480 g/mol. The van der Waals surface area contributed by atoms with Gasteiger partial charge >= 0.3 is 12.1 Å².